The molecule has 22 heavy (non-hydrogen) atoms. The van der Waals surface area contributed by atoms with Crippen LogP contribution in [0, 0.1) is 0 Å². The Morgan fingerprint density at radius 2 is 1.77 bits per heavy atom. The summed E-state index contributed by atoms with van der Waals surface area (Å²) in [5.41, 5.74) is 1.86. The van der Waals surface area contributed by atoms with Crippen LogP contribution in [-0.4, -0.2) is 12.5 Å². The maximum absolute atomic E-state index is 12.5. The summed E-state index contributed by atoms with van der Waals surface area (Å²) in [4.78, 5) is 16.8. The van der Waals surface area contributed by atoms with Gasteiger partial charge in [-0.25, -0.2) is 0 Å². The van der Waals surface area contributed by atoms with Gasteiger partial charge in [-0.3, -0.25) is 4.79 Å². The number of benzene rings is 3. The Balaban J connectivity index is 1.90. The van der Waals surface area contributed by atoms with Crippen molar-refractivity contribution in [3.8, 4) is 0 Å². The SMILES string of the molecule is CCN1C(=O)c2ccc(Sc3ccccc3)c3cccc1c23. The lowest BCUT2D eigenvalue weighted by Crippen LogP contribution is -2.25. The van der Waals surface area contributed by atoms with Crippen LogP contribution in [0.1, 0.15) is 17.3 Å². The van der Waals surface area contributed by atoms with E-state index in [-0.39, 0.29) is 5.91 Å². The molecular formula is C19H15NOS. The summed E-state index contributed by atoms with van der Waals surface area (Å²) in [5, 5.41) is 2.25. The molecule has 0 fully saturated rings. The fourth-order valence-electron chi connectivity index (χ4n) is 3.04. The Hall–Kier alpha value is -2.26. The molecule has 2 nitrogen and oxygen atoms in total. The number of hydrogen-bond donors (Lipinski definition) is 0. The van der Waals surface area contributed by atoms with Crippen molar-refractivity contribution < 1.29 is 4.79 Å². The number of anilines is 1. The predicted molar refractivity (Wildman–Crippen MR) is 91.9 cm³/mol. The van der Waals surface area contributed by atoms with Gasteiger partial charge in [0.25, 0.3) is 5.91 Å². The van der Waals surface area contributed by atoms with E-state index in [2.05, 4.69) is 24.3 Å². The highest BCUT2D eigenvalue weighted by molar-refractivity contribution is 7.99. The molecule has 0 aromatic heterocycles. The minimum Gasteiger partial charge on any atom is -0.308 e. The quantitative estimate of drug-likeness (QED) is 0.681. The number of hydrogen-bond acceptors (Lipinski definition) is 2. The molecule has 1 aliphatic rings. The highest BCUT2D eigenvalue weighted by Crippen LogP contribution is 2.42. The van der Waals surface area contributed by atoms with Crippen LogP contribution in [0.15, 0.2) is 70.5 Å². The zero-order valence-corrected chi connectivity index (χ0v) is 13.1. The topological polar surface area (TPSA) is 20.3 Å². The first kappa shape index (κ1) is 13.4. The molecule has 0 unspecified atom stereocenters. The van der Waals surface area contributed by atoms with Crippen LogP contribution in [0.25, 0.3) is 10.8 Å². The zero-order valence-electron chi connectivity index (χ0n) is 12.2. The standard InChI is InChI=1S/C19H15NOS/c1-2-20-16-10-6-9-14-17(22-13-7-4-3-5-8-13)12-11-15(18(14)16)19(20)21/h3-12H,2H2,1H3. The van der Waals surface area contributed by atoms with Crippen molar-refractivity contribution in [1.82, 2.24) is 0 Å². The van der Waals surface area contributed by atoms with Gasteiger partial charge in [0.05, 0.1) is 5.69 Å². The molecule has 0 saturated heterocycles. The normalized spacial score (nSPS) is 13.1. The van der Waals surface area contributed by atoms with Crippen LogP contribution in [0.4, 0.5) is 5.69 Å². The highest BCUT2D eigenvalue weighted by atomic mass is 32.2. The molecular weight excluding hydrogens is 290 g/mol. The minimum absolute atomic E-state index is 0.116. The lowest BCUT2D eigenvalue weighted by atomic mass is 10.1. The summed E-state index contributed by atoms with van der Waals surface area (Å²) in [5.74, 6) is 0.116. The van der Waals surface area contributed by atoms with Crippen LogP contribution in [0.2, 0.25) is 0 Å². The maximum Gasteiger partial charge on any atom is 0.258 e. The third-order valence-electron chi connectivity index (χ3n) is 4.03. The minimum atomic E-state index is 0.116. The van der Waals surface area contributed by atoms with Crippen molar-refractivity contribution in [2.45, 2.75) is 16.7 Å². The smallest absolute Gasteiger partial charge is 0.258 e. The van der Waals surface area contributed by atoms with Crippen LogP contribution in [0.5, 0.6) is 0 Å². The van der Waals surface area contributed by atoms with Gasteiger partial charge in [-0.15, -0.1) is 0 Å². The Morgan fingerprint density at radius 1 is 0.955 bits per heavy atom. The Bertz CT molecular complexity index is 873. The van der Waals surface area contributed by atoms with Crippen LogP contribution in [0.3, 0.4) is 0 Å². The third-order valence-corrected chi connectivity index (χ3v) is 5.12. The van der Waals surface area contributed by atoms with Gasteiger partial charge >= 0.3 is 0 Å². The molecule has 1 amide bonds. The molecule has 0 aliphatic carbocycles. The number of rotatable bonds is 3. The van der Waals surface area contributed by atoms with E-state index in [1.54, 1.807) is 11.8 Å². The molecule has 3 heteroatoms. The van der Waals surface area contributed by atoms with Gasteiger partial charge in [0.2, 0.25) is 0 Å². The Labute approximate surface area is 133 Å². The van der Waals surface area contributed by atoms with Crippen molar-refractivity contribution in [2.24, 2.45) is 0 Å². The molecule has 0 spiro atoms. The molecule has 1 aliphatic heterocycles. The fraction of sp³-hybridized carbons (Fsp3) is 0.105. The number of amides is 1. The molecule has 108 valence electrons. The molecule has 0 radical (unpaired) electrons. The summed E-state index contributed by atoms with van der Waals surface area (Å²) in [6.45, 7) is 2.72. The molecule has 1 heterocycles. The maximum atomic E-state index is 12.5. The number of carbonyl (C=O) groups excluding carboxylic acids is 1. The second-order valence-electron chi connectivity index (χ2n) is 5.28. The van der Waals surface area contributed by atoms with E-state index >= 15 is 0 Å². The first-order chi connectivity index (χ1) is 10.8. The molecule has 3 aromatic rings. The van der Waals surface area contributed by atoms with Gasteiger partial charge in [-0.1, -0.05) is 42.1 Å². The molecule has 0 bridgehead atoms. The Morgan fingerprint density at radius 3 is 2.55 bits per heavy atom. The predicted octanol–water partition coefficient (Wildman–Crippen LogP) is 4.97. The number of nitrogens with zero attached hydrogens (tertiary/aromatic N) is 1. The van der Waals surface area contributed by atoms with Crippen LogP contribution >= 0.6 is 11.8 Å². The third kappa shape index (κ3) is 1.93. The summed E-state index contributed by atoms with van der Waals surface area (Å²) >= 11 is 1.74. The second-order valence-corrected chi connectivity index (χ2v) is 6.39. The van der Waals surface area contributed by atoms with Crippen molar-refractivity contribution in [1.29, 1.82) is 0 Å². The lowest BCUT2D eigenvalue weighted by Gasteiger charge is -2.14. The summed E-state index contributed by atoms with van der Waals surface area (Å²) in [7, 11) is 0. The molecule has 0 saturated carbocycles. The lowest BCUT2D eigenvalue weighted by molar-refractivity contribution is 0.0994. The molecule has 0 atom stereocenters. The molecule has 3 aromatic carbocycles. The van der Waals surface area contributed by atoms with Crippen molar-refractivity contribution >= 4 is 34.1 Å². The van der Waals surface area contributed by atoms with Crippen LogP contribution in [-0.2, 0) is 0 Å². The van der Waals surface area contributed by atoms with Crippen molar-refractivity contribution in [3.63, 3.8) is 0 Å². The van der Waals surface area contributed by atoms with E-state index in [0.29, 0.717) is 6.54 Å². The van der Waals surface area contributed by atoms with E-state index in [0.717, 1.165) is 22.0 Å². The van der Waals surface area contributed by atoms with Gasteiger partial charge in [-0.2, -0.15) is 0 Å². The largest absolute Gasteiger partial charge is 0.308 e. The first-order valence-corrected chi connectivity index (χ1v) is 8.21. The second kappa shape index (κ2) is 5.18. The van der Waals surface area contributed by atoms with Gasteiger partial charge in [0.15, 0.2) is 0 Å². The van der Waals surface area contributed by atoms with E-state index in [4.69, 9.17) is 0 Å². The van der Waals surface area contributed by atoms with Gasteiger partial charge in [0.1, 0.15) is 0 Å². The zero-order chi connectivity index (χ0) is 15.1. The van der Waals surface area contributed by atoms with Gasteiger partial charge in [-0.05, 0) is 42.6 Å². The van der Waals surface area contributed by atoms with E-state index < -0.39 is 0 Å². The van der Waals surface area contributed by atoms with E-state index in [9.17, 15) is 4.79 Å². The molecule has 0 N–H and O–H groups in total. The summed E-state index contributed by atoms with van der Waals surface area (Å²) in [6.07, 6.45) is 0. The van der Waals surface area contributed by atoms with Gasteiger partial charge < -0.3 is 4.90 Å². The average molecular weight is 305 g/mol. The van der Waals surface area contributed by atoms with Gasteiger partial charge in [0, 0.05) is 27.3 Å². The van der Waals surface area contributed by atoms with E-state index in [1.165, 1.54) is 9.79 Å². The van der Waals surface area contributed by atoms with Crippen molar-refractivity contribution in [3.05, 3.63) is 66.2 Å². The molecule has 4 rings (SSSR count). The number of carbonyl (C=O) groups is 1. The fourth-order valence-corrected chi connectivity index (χ4v) is 4.00. The van der Waals surface area contributed by atoms with E-state index in [1.807, 2.05) is 48.2 Å². The summed E-state index contributed by atoms with van der Waals surface area (Å²) in [6, 6.07) is 20.6. The Kier molecular flexibility index (Phi) is 3.16. The van der Waals surface area contributed by atoms with Crippen molar-refractivity contribution in [2.75, 3.05) is 11.4 Å². The van der Waals surface area contributed by atoms with Crippen LogP contribution < -0.4 is 4.90 Å². The monoisotopic (exact) mass is 305 g/mol. The highest BCUT2D eigenvalue weighted by Gasteiger charge is 2.29. The summed E-state index contributed by atoms with van der Waals surface area (Å²) < 4.78 is 0. The first-order valence-electron chi connectivity index (χ1n) is 7.40. The average Bonchev–Trinajstić information content (AvgIpc) is 2.84.